The highest BCUT2D eigenvalue weighted by Gasteiger charge is 2.24. The first kappa shape index (κ1) is 22.5. The molecule has 0 spiro atoms. The highest BCUT2D eigenvalue weighted by molar-refractivity contribution is 6.01. The molecule has 0 saturated carbocycles. The number of hydrogen-bond donors (Lipinski definition) is 1. The number of rotatable bonds is 8. The molecular formula is C25H31N7O2. The Morgan fingerprint density at radius 1 is 1.06 bits per heavy atom. The van der Waals surface area contributed by atoms with E-state index in [1.54, 1.807) is 0 Å². The van der Waals surface area contributed by atoms with Crippen LogP contribution in [0.1, 0.15) is 26.2 Å². The number of aliphatic hydroxyl groups excluding tert-OH is 1. The zero-order valence-corrected chi connectivity index (χ0v) is 19.8. The zero-order valence-electron chi connectivity index (χ0n) is 19.8. The van der Waals surface area contributed by atoms with Gasteiger partial charge in [0.1, 0.15) is 17.0 Å². The van der Waals surface area contributed by atoms with Gasteiger partial charge in [-0.05, 0) is 50.5 Å². The zero-order chi connectivity index (χ0) is 23.5. The molecule has 9 heteroatoms. The van der Waals surface area contributed by atoms with Crippen LogP contribution < -0.4 is 4.90 Å². The minimum Gasteiger partial charge on any atom is -0.396 e. The lowest BCUT2D eigenvalue weighted by atomic mass is 10.0. The first-order valence-electron chi connectivity index (χ1n) is 11.9. The van der Waals surface area contributed by atoms with Crippen molar-refractivity contribution < 1.29 is 9.84 Å². The van der Waals surface area contributed by atoms with Gasteiger partial charge in [-0.3, -0.25) is 14.3 Å². The monoisotopic (exact) mass is 461 g/mol. The normalized spacial score (nSPS) is 16.4. The van der Waals surface area contributed by atoms with Crippen LogP contribution in [0.2, 0.25) is 0 Å². The van der Waals surface area contributed by atoms with E-state index in [0.717, 1.165) is 71.7 Å². The van der Waals surface area contributed by atoms with E-state index in [1.165, 1.54) is 0 Å². The minimum absolute atomic E-state index is 0.223. The maximum Gasteiger partial charge on any atom is 0.130 e. The smallest absolute Gasteiger partial charge is 0.130 e. The van der Waals surface area contributed by atoms with Crippen molar-refractivity contribution in [3.8, 4) is 22.6 Å². The third-order valence-corrected chi connectivity index (χ3v) is 6.46. The molecule has 9 nitrogen and oxygen atoms in total. The Morgan fingerprint density at radius 3 is 2.71 bits per heavy atom. The second-order valence-electron chi connectivity index (χ2n) is 8.76. The average molecular weight is 462 g/mol. The number of ether oxygens (including phenoxy) is 1. The van der Waals surface area contributed by atoms with Crippen molar-refractivity contribution in [2.45, 2.75) is 38.8 Å². The summed E-state index contributed by atoms with van der Waals surface area (Å²) in [5.41, 5.74) is 4.74. The van der Waals surface area contributed by atoms with E-state index in [9.17, 15) is 0 Å². The quantitative estimate of drug-likeness (QED) is 0.403. The number of hydrogen-bond acceptors (Lipinski definition) is 7. The molecule has 1 saturated heterocycles. The van der Waals surface area contributed by atoms with E-state index in [2.05, 4.69) is 28.1 Å². The van der Waals surface area contributed by atoms with Crippen LogP contribution in [0.5, 0.6) is 0 Å². The van der Waals surface area contributed by atoms with Gasteiger partial charge in [-0.25, -0.2) is 4.98 Å². The van der Waals surface area contributed by atoms with Gasteiger partial charge in [0.25, 0.3) is 0 Å². The topological polar surface area (TPSA) is 94.1 Å². The predicted molar refractivity (Wildman–Crippen MR) is 132 cm³/mol. The third kappa shape index (κ3) is 4.28. The number of fused-ring (bicyclic) bond motifs is 1. The summed E-state index contributed by atoms with van der Waals surface area (Å²) in [4.78, 5) is 12.2. The average Bonchev–Trinajstić information content (AvgIpc) is 3.50. The number of unbranched alkanes of at least 4 members (excludes halogenated alkanes) is 2. The fraction of sp³-hybridized carbons (Fsp3) is 0.440. The SMILES string of the molecule is C[C@@H]1COCCN1c1cc(-c2ccnn2C)c2ccnc(-c3ccnn3CCCCCO)c2n1. The summed E-state index contributed by atoms with van der Waals surface area (Å²) in [6.07, 6.45) is 8.20. The van der Waals surface area contributed by atoms with E-state index in [-0.39, 0.29) is 12.6 Å². The van der Waals surface area contributed by atoms with Crippen molar-refractivity contribution in [1.29, 1.82) is 0 Å². The Bertz CT molecular complexity index is 1270. The Morgan fingerprint density at radius 2 is 1.91 bits per heavy atom. The Kier molecular flexibility index (Phi) is 6.55. The molecular weight excluding hydrogens is 430 g/mol. The molecule has 4 aromatic rings. The van der Waals surface area contributed by atoms with Crippen molar-refractivity contribution in [3.63, 3.8) is 0 Å². The van der Waals surface area contributed by atoms with E-state index < -0.39 is 0 Å². The van der Waals surface area contributed by atoms with Gasteiger partial charge in [0, 0.05) is 56.3 Å². The Labute approximate surface area is 199 Å². The van der Waals surface area contributed by atoms with Crippen LogP contribution in [0.3, 0.4) is 0 Å². The molecule has 34 heavy (non-hydrogen) atoms. The van der Waals surface area contributed by atoms with Gasteiger partial charge in [-0.2, -0.15) is 10.2 Å². The summed E-state index contributed by atoms with van der Waals surface area (Å²) < 4.78 is 9.56. The van der Waals surface area contributed by atoms with Crippen LogP contribution in [0.15, 0.2) is 42.9 Å². The third-order valence-electron chi connectivity index (χ3n) is 6.46. The molecule has 1 fully saturated rings. The van der Waals surface area contributed by atoms with Crippen molar-refractivity contribution in [1.82, 2.24) is 29.5 Å². The maximum atomic E-state index is 9.09. The van der Waals surface area contributed by atoms with Crippen LogP contribution in [-0.4, -0.2) is 67.0 Å². The summed E-state index contributed by atoms with van der Waals surface area (Å²) in [6.45, 7) is 5.33. The molecule has 1 atom stereocenters. The van der Waals surface area contributed by atoms with Gasteiger partial charge in [-0.1, -0.05) is 0 Å². The standard InChI is InChI=1S/C25H31N7O2/c1-18-17-34-15-13-31(18)23-16-20(21-7-10-27-30(21)2)19-6-9-26-25(24(19)29-23)22-8-11-28-32(22)12-4-3-5-14-33/h6-11,16,18,33H,3-5,12-15,17H2,1-2H3/t18-/m1/s1. The Balaban J connectivity index is 1.66. The van der Waals surface area contributed by atoms with Gasteiger partial charge in [-0.15, -0.1) is 0 Å². The first-order chi connectivity index (χ1) is 16.7. The number of aryl methyl sites for hydroxylation is 2. The van der Waals surface area contributed by atoms with Gasteiger partial charge >= 0.3 is 0 Å². The van der Waals surface area contributed by atoms with Crippen molar-refractivity contribution in [2.75, 3.05) is 31.3 Å². The highest BCUT2D eigenvalue weighted by Crippen LogP contribution is 2.35. The number of anilines is 1. The largest absolute Gasteiger partial charge is 0.396 e. The summed E-state index contributed by atoms with van der Waals surface area (Å²) >= 11 is 0. The number of aromatic nitrogens is 6. The van der Waals surface area contributed by atoms with Crippen molar-refractivity contribution in [3.05, 3.63) is 42.9 Å². The van der Waals surface area contributed by atoms with Crippen LogP contribution in [-0.2, 0) is 18.3 Å². The molecule has 1 N–H and O–H groups in total. The second kappa shape index (κ2) is 9.90. The molecule has 0 bridgehead atoms. The molecule has 0 aliphatic carbocycles. The lowest BCUT2D eigenvalue weighted by molar-refractivity contribution is 0.0986. The lowest BCUT2D eigenvalue weighted by Crippen LogP contribution is -2.44. The molecule has 178 valence electrons. The molecule has 1 aliphatic rings. The summed E-state index contributed by atoms with van der Waals surface area (Å²) in [5, 5.41) is 19.1. The number of pyridine rings is 2. The minimum atomic E-state index is 0.223. The predicted octanol–water partition coefficient (Wildman–Crippen LogP) is 3.28. The van der Waals surface area contributed by atoms with Crippen LogP contribution in [0.4, 0.5) is 5.82 Å². The highest BCUT2D eigenvalue weighted by atomic mass is 16.5. The maximum absolute atomic E-state index is 9.09. The van der Waals surface area contributed by atoms with Crippen molar-refractivity contribution >= 4 is 16.7 Å². The van der Waals surface area contributed by atoms with Gasteiger partial charge in [0.05, 0.1) is 30.6 Å². The molecule has 1 aliphatic heterocycles. The number of aliphatic hydroxyl groups is 1. The number of morpholine rings is 1. The first-order valence-corrected chi connectivity index (χ1v) is 11.9. The van der Waals surface area contributed by atoms with Crippen LogP contribution in [0, 0.1) is 0 Å². The molecule has 4 aromatic heterocycles. The molecule has 5 rings (SSSR count). The van der Waals surface area contributed by atoms with Gasteiger partial charge < -0.3 is 14.7 Å². The van der Waals surface area contributed by atoms with Crippen LogP contribution >= 0.6 is 0 Å². The fourth-order valence-electron chi connectivity index (χ4n) is 4.65. The lowest BCUT2D eigenvalue weighted by Gasteiger charge is -2.34. The summed E-state index contributed by atoms with van der Waals surface area (Å²) in [6, 6.07) is 8.46. The molecule has 0 amide bonds. The van der Waals surface area contributed by atoms with Crippen molar-refractivity contribution in [2.24, 2.45) is 7.05 Å². The number of nitrogens with zero attached hydrogens (tertiary/aromatic N) is 7. The van der Waals surface area contributed by atoms with E-state index >= 15 is 0 Å². The second-order valence-corrected chi connectivity index (χ2v) is 8.76. The van der Waals surface area contributed by atoms with E-state index in [0.29, 0.717) is 13.2 Å². The van der Waals surface area contributed by atoms with Gasteiger partial charge in [0.2, 0.25) is 0 Å². The van der Waals surface area contributed by atoms with E-state index in [1.807, 2.05) is 53.2 Å². The molecule has 0 unspecified atom stereocenters. The van der Waals surface area contributed by atoms with Gasteiger partial charge in [0.15, 0.2) is 0 Å². The molecule has 0 aromatic carbocycles. The van der Waals surface area contributed by atoms with E-state index in [4.69, 9.17) is 19.8 Å². The fourth-order valence-corrected chi connectivity index (χ4v) is 4.65. The molecule has 0 radical (unpaired) electrons. The van der Waals surface area contributed by atoms with Crippen LogP contribution in [0.25, 0.3) is 33.5 Å². The molecule has 5 heterocycles. The Hall–Kier alpha value is -3.30. The summed E-state index contributed by atoms with van der Waals surface area (Å²) in [7, 11) is 1.96. The summed E-state index contributed by atoms with van der Waals surface area (Å²) in [5.74, 6) is 0.919.